The van der Waals surface area contributed by atoms with Gasteiger partial charge in [0.2, 0.25) is 15.9 Å². The van der Waals surface area contributed by atoms with Gasteiger partial charge in [0, 0.05) is 40.0 Å². The molecule has 0 spiro atoms. The van der Waals surface area contributed by atoms with Crippen molar-refractivity contribution in [2.45, 2.75) is 57.5 Å². The average molecular weight is 495 g/mol. The summed E-state index contributed by atoms with van der Waals surface area (Å²) in [6, 6.07) is 13.1. The maximum absolute atomic E-state index is 13.1. The maximum atomic E-state index is 13.1. The molecule has 186 valence electrons. The quantitative estimate of drug-likeness (QED) is 0.378. The number of benzene rings is 2. The molecular weight excluding hydrogens is 460 g/mol. The molecule has 0 saturated heterocycles. The van der Waals surface area contributed by atoms with Crippen molar-refractivity contribution < 1.29 is 13.2 Å². The SMILES string of the molecule is C#CCN(Cc1ccc(C)cc1)C(=O)CCc1nc2cc(S(=O)(=O)N(C)C)ccc2n1CCCC. The van der Waals surface area contributed by atoms with Gasteiger partial charge in [0.05, 0.1) is 22.5 Å². The van der Waals surface area contributed by atoms with Crippen LogP contribution >= 0.6 is 0 Å². The number of terminal acetylenes is 1. The highest BCUT2D eigenvalue weighted by atomic mass is 32.2. The molecule has 8 heteroatoms. The number of hydrogen-bond donors (Lipinski definition) is 0. The van der Waals surface area contributed by atoms with E-state index in [4.69, 9.17) is 11.4 Å². The van der Waals surface area contributed by atoms with Gasteiger partial charge in [0.1, 0.15) is 5.82 Å². The summed E-state index contributed by atoms with van der Waals surface area (Å²) in [5.74, 6) is 3.33. The Labute approximate surface area is 208 Å². The van der Waals surface area contributed by atoms with Crippen LogP contribution in [0.2, 0.25) is 0 Å². The Bertz CT molecular complexity index is 1320. The molecule has 0 fully saturated rings. The van der Waals surface area contributed by atoms with Gasteiger partial charge in [-0.15, -0.1) is 6.42 Å². The first kappa shape index (κ1) is 26.5. The molecule has 0 atom stereocenters. The zero-order valence-corrected chi connectivity index (χ0v) is 21.8. The molecule has 7 nitrogen and oxygen atoms in total. The maximum Gasteiger partial charge on any atom is 0.242 e. The van der Waals surface area contributed by atoms with Crippen LogP contribution in [0.25, 0.3) is 11.0 Å². The summed E-state index contributed by atoms with van der Waals surface area (Å²) in [6.07, 6.45) is 8.23. The summed E-state index contributed by atoms with van der Waals surface area (Å²) in [7, 11) is -0.542. The third-order valence-corrected chi connectivity index (χ3v) is 7.82. The van der Waals surface area contributed by atoms with Crippen molar-refractivity contribution in [3.8, 4) is 12.3 Å². The van der Waals surface area contributed by atoms with E-state index in [1.807, 2.05) is 37.3 Å². The number of carbonyl (C=O) groups is 1. The first-order valence-electron chi connectivity index (χ1n) is 11.9. The molecule has 1 aromatic heterocycles. The molecule has 0 aliphatic rings. The minimum atomic E-state index is -3.56. The van der Waals surface area contributed by atoms with Crippen LogP contribution in [0.3, 0.4) is 0 Å². The number of aromatic nitrogens is 2. The van der Waals surface area contributed by atoms with E-state index in [1.54, 1.807) is 17.0 Å². The van der Waals surface area contributed by atoms with Crippen molar-refractivity contribution in [2.75, 3.05) is 20.6 Å². The number of carbonyl (C=O) groups excluding carboxylic acids is 1. The number of nitrogens with zero attached hydrogens (tertiary/aromatic N) is 4. The number of imidazole rings is 1. The van der Waals surface area contributed by atoms with Crippen molar-refractivity contribution >= 4 is 27.0 Å². The first-order chi connectivity index (χ1) is 16.7. The molecule has 0 unspecified atom stereocenters. The second kappa shape index (κ2) is 11.5. The fourth-order valence-corrected chi connectivity index (χ4v) is 4.84. The zero-order valence-electron chi connectivity index (χ0n) is 21.0. The van der Waals surface area contributed by atoms with E-state index in [0.717, 1.165) is 41.9 Å². The summed E-state index contributed by atoms with van der Waals surface area (Å²) < 4.78 is 28.5. The Morgan fingerprint density at radius 3 is 2.49 bits per heavy atom. The van der Waals surface area contributed by atoms with Gasteiger partial charge in [-0.3, -0.25) is 4.79 Å². The normalized spacial score (nSPS) is 11.7. The Kier molecular flexibility index (Phi) is 8.71. The summed E-state index contributed by atoms with van der Waals surface area (Å²) in [6.45, 7) is 5.60. The Balaban J connectivity index is 1.84. The molecule has 0 aliphatic heterocycles. The lowest BCUT2D eigenvalue weighted by atomic mass is 10.1. The van der Waals surface area contributed by atoms with E-state index in [1.165, 1.54) is 18.4 Å². The lowest BCUT2D eigenvalue weighted by Crippen LogP contribution is -2.31. The largest absolute Gasteiger partial charge is 0.328 e. The topological polar surface area (TPSA) is 75.5 Å². The van der Waals surface area contributed by atoms with Crippen LogP contribution in [0.15, 0.2) is 47.4 Å². The van der Waals surface area contributed by atoms with Gasteiger partial charge in [-0.1, -0.05) is 49.1 Å². The van der Waals surface area contributed by atoms with Crippen molar-refractivity contribution in [2.24, 2.45) is 0 Å². The average Bonchev–Trinajstić information content (AvgIpc) is 3.18. The predicted octanol–water partition coefficient (Wildman–Crippen LogP) is 3.99. The highest BCUT2D eigenvalue weighted by molar-refractivity contribution is 7.89. The summed E-state index contributed by atoms with van der Waals surface area (Å²) in [5.41, 5.74) is 3.69. The smallest absolute Gasteiger partial charge is 0.242 e. The minimum Gasteiger partial charge on any atom is -0.328 e. The number of unbranched alkanes of at least 4 members (excludes halogenated alkanes) is 1. The minimum absolute atomic E-state index is 0.0338. The van der Waals surface area contributed by atoms with Crippen molar-refractivity contribution in [3.63, 3.8) is 0 Å². The predicted molar refractivity (Wildman–Crippen MR) is 139 cm³/mol. The van der Waals surface area contributed by atoms with Crippen LogP contribution in [0, 0.1) is 19.3 Å². The number of amides is 1. The van der Waals surface area contributed by atoms with Crippen molar-refractivity contribution in [3.05, 3.63) is 59.4 Å². The van der Waals surface area contributed by atoms with Crippen LogP contribution in [-0.4, -0.2) is 53.7 Å². The van der Waals surface area contributed by atoms with E-state index in [9.17, 15) is 13.2 Å². The van der Waals surface area contributed by atoms with Crippen LogP contribution in [0.1, 0.15) is 43.1 Å². The Morgan fingerprint density at radius 2 is 1.86 bits per heavy atom. The van der Waals surface area contributed by atoms with Gasteiger partial charge in [-0.2, -0.15) is 0 Å². The number of fused-ring (bicyclic) bond motifs is 1. The Hall–Kier alpha value is -3.15. The van der Waals surface area contributed by atoms with Crippen molar-refractivity contribution in [1.82, 2.24) is 18.8 Å². The molecule has 0 bridgehead atoms. The van der Waals surface area contributed by atoms with Crippen LogP contribution < -0.4 is 0 Å². The van der Waals surface area contributed by atoms with Crippen LogP contribution in [0.4, 0.5) is 0 Å². The second-order valence-corrected chi connectivity index (χ2v) is 11.1. The van der Waals surface area contributed by atoms with Gasteiger partial charge in [0.15, 0.2) is 0 Å². The summed E-state index contributed by atoms with van der Waals surface area (Å²) in [4.78, 5) is 19.7. The third kappa shape index (κ3) is 6.30. The van der Waals surface area contributed by atoms with Gasteiger partial charge in [-0.25, -0.2) is 17.7 Å². The highest BCUT2D eigenvalue weighted by Crippen LogP contribution is 2.23. The third-order valence-electron chi connectivity index (χ3n) is 6.00. The molecular formula is C27H34N4O3S. The van der Waals surface area contributed by atoms with E-state index < -0.39 is 10.0 Å². The van der Waals surface area contributed by atoms with Gasteiger partial charge in [0.25, 0.3) is 0 Å². The monoisotopic (exact) mass is 494 g/mol. The molecule has 3 rings (SSSR count). The van der Waals surface area contributed by atoms with E-state index in [-0.39, 0.29) is 23.8 Å². The van der Waals surface area contributed by atoms with Gasteiger partial charge < -0.3 is 9.47 Å². The molecule has 0 saturated carbocycles. The fraction of sp³-hybridized carbons (Fsp3) is 0.407. The number of aryl methyl sites for hydroxylation is 3. The summed E-state index contributed by atoms with van der Waals surface area (Å²) in [5, 5.41) is 0. The highest BCUT2D eigenvalue weighted by Gasteiger charge is 2.21. The molecule has 35 heavy (non-hydrogen) atoms. The molecule has 1 heterocycles. The fourth-order valence-electron chi connectivity index (χ4n) is 3.92. The van der Waals surface area contributed by atoms with E-state index in [2.05, 4.69) is 17.4 Å². The molecule has 3 aromatic rings. The second-order valence-electron chi connectivity index (χ2n) is 8.91. The van der Waals surface area contributed by atoms with Gasteiger partial charge in [-0.05, 0) is 37.1 Å². The van der Waals surface area contributed by atoms with E-state index in [0.29, 0.717) is 18.5 Å². The standard InChI is InChI=1S/C27H34N4O3S/c1-6-8-18-31-25-14-13-23(35(33,34)29(4)5)19-24(25)28-26(31)15-16-27(32)30(17-7-2)20-22-11-9-21(3)10-12-22/h2,9-14,19H,6,8,15-18,20H2,1,3-5H3. The van der Waals surface area contributed by atoms with Crippen LogP contribution in [-0.2, 0) is 34.3 Å². The molecule has 2 aromatic carbocycles. The number of rotatable bonds is 11. The Morgan fingerprint density at radius 1 is 1.14 bits per heavy atom. The van der Waals surface area contributed by atoms with Gasteiger partial charge >= 0.3 is 0 Å². The lowest BCUT2D eigenvalue weighted by molar-refractivity contribution is -0.131. The lowest BCUT2D eigenvalue weighted by Gasteiger charge is -2.20. The zero-order chi connectivity index (χ0) is 25.6. The summed E-state index contributed by atoms with van der Waals surface area (Å²) >= 11 is 0. The number of hydrogen-bond acceptors (Lipinski definition) is 4. The van der Waals surface area contributed by atoms with Crippen LogP contribution in [0.5, 0.6) is 0 Å². The van der Waals surface area contributed by atoms with E-state index >= 15 is 0 Å². The molecule has 0 radical (unpaired) electrons. The molecule has 1 amide bonds. The first-order valence-corrected chi connectivity index (χ1v) is 13.3. The molecule has 0 aliphatic carbocycles. The molecule has 0 N–H and O–H groups in total. The number of sulfonamides is 1. The van der Waals surface area contributed by atoms with Crippen molar-refractivity contribution in [1.29, 1.82) is 0 Å².